The molecule has 1 radical (unpaired) electrons. The zero-order chi connectivity index (χ0) is 18.9. The Bertz CT molecular complexity index is 1010. The largest absolute Gasteiger partial charge is 0.265 e. The van der Waals surface area contributed by atoms with Crippen molar-refractivity contribution in [2.45, 2.75) is 36.2 Å². The predicted octanol–water partition coefficient (Wildman–Crippen LogP) is 4.39. The minimum atomic E-state index is -3.88. The molecule has 0 N–H and O–H groups in total. The second-order valence-electron chi connectivity index (χ2n) is 6.07. The molecule has 135 valence electrons. The van der Waals surface area contributed by atoms with Crippen LogP contribution in [-0.4, -0.2) is 23.2 Å². The highest BCUT2D eigenvalue weighted by Crippen LogP contribution is 2.31. The van der Waals surface area contributed by atoms with Crippen molar-refractivity contribution >= 4 is 33.0 Å². The summed E-state index contributed by atoms with van der Waals surface area (Å²) in [7, 11) is -3.88. The lowest BCUT2D eigenvalue weighted by Crippen LogP contribution is -2.15. The lowest BCUT2D eigenvalue weighted by molar-refractivity contribution is 0.476. The van der Waals surface area contributed by atoms with Crippen molar-refractivity contribution in [3.63, 3.8) is 0 Å². The van der Waals surface area contributed by atoms with Crippen molar-refractivity contribution in [3.05, 3.63) is 70.1 Å². The maximum absolute atomic E-state index is 13.3. The van der Waals surface area contributed by atoms with E-state index in [-0.39, 0.29) is 26.0 Å². The molecule has 8 heteroatoms. The number of benzene rings is 1. The maximum atomic E-state index is 13.3. The van der Waals surface area contributed by atoms with E-state index >= 15 is 0 Å². The summed E-state index contributed by atoms with van der Waals surface area (Å²) in [5, 5.41) is 4.79. The fraction of sp³-hybridized carbons (Fsp3) is 0.222. The topological polar surface area (TPSA) is 64.8 Å². The molecule has 2 aromatic heterocycles. The first-order valence-corrected chi connectivity index (χ1v) is 10.1. The van der Waals surface area contributed by atoms with Crippen molar-refractivity contribution in [3.8, 4) is 0 Å². The average Bonchev–Trinajstić information content (AvgIpc) is 2.99. The van der Waals surface area contributed by atoms with Gasteiger partial charge in [0, 0.05) is 40.5 Å². The standard InChI is InChI=1S/C18H16Cl2N3O2S/c1-12(2)23-18(14(11-22-23)7-13-3-5-21-6-4-13)26(24,25)17-9-15(19)8-16(20)10-17/h3-6,8-10,12H,7H2,1-2H3. The molecule has 5 nitrogen and oxygen atoms in total. The Morgan fingerprint density at radius 1 is 1.12 bits per heavy atom. The fourth-order valence-corrected chi connectivity index (χ4v) is 4.98. The molecule has 3 aromatic rings. The van der Waals surface area contributed by atoms with E-state index in [1.807, 2.05) is 26.0 Å². The second kappa shape index (κ2) is 7.39. The smallest absolute Gasteiger partial charge is 0.223 e. The Morgan fingerprint density at radius 3 is 2.31 bits per heavy atom. The van der Waals surface area contributed by atoms with Crippen LogP contribution in [0, 0.1) is 6.20 Å². The van der Waals surface area contributed by atoms with Crippen LogP contribution in [0.4, 0.5) is 0 Å². The first-order valence-electron chi connectivity index (χ1n) is 7.88. The van der Waals surface area contributed by atoms with E-state index in [2.05, 4.69) is 16.3 Å². The van der Waals surface area contributed by atoms with Crippen LogP contribution >= 0.6 is 23.2 Å². The quantitative estimate of drug-likeness (QED) is 0.627. The first kappa shape index (κ1) is 18.9. The van der Waals surface area contributed by atoms with Gasteiger partial charge in [-0.25, -0.2) is 8.42 Å². The SMILES string of the molecule is CC(C)n1n[c]c(Cc2ccncc2)c1S(=O)(=O)c1cc(Cl)cc(Cl)c1. The second-order valence-corrected chi connectivity index (χ2v) is 8.81. The number of rotatable bonds is 5. The summed E-state index contributed by atoms with van der Waals surface area (Å²) < 4.78 is 28.1. The third-order valence-corrected chi connectivity index (χ3v) is 6.01. The number of hydrogen-bond donors (Lipinski definition) is 0. The maximum Gasteiger partial charge on any atom is 0.223 e. The van der Waals surface area contributed by atoms with E-state index < -0.39 is 9.84 Å². The molecule has 0 bridgehead atoms. The highest BCUT2D eigenvalue weighted by molar-refractivity contribution is 7.91. The van der Waals surface area contributed by atoms with Gasteiger partial charge in [0.25, 0.3) is 0 Å². The van der Waals surface area contributed by atoms with E-state index in [1.165, 1.54) is 22.9 Å². The summed E-state index contributed by atoms with van der Waals surface area (Å²) in [4.78, 5) is 4.01. The van der Waals surface area contributed by atoms with Crippen LogP contribution in [0.1, 0.15) is 31.0 Å². The van der Waals surface area contributed by atoms with E-state index in [4.69, 9.17) is 23.2 Å². The van der Waals surface area contributed by atoms with Gasteiger partial charge in [-0.05, 0) is 49.7 Å². The van der Waals surface area contributed by atoms with Crippen LogP contribution in [-0.2, 0) is 16.3 Å². The van der Waals surface area contributed by atoms with Crippen LogP contribution in [0.15, 0.2) is 52.6 Å². The van der Waals surface area contributed by atoms with Crippen LogP contribution < -0.4 is 0 Å². The van der Waals surface area contributed by atoms with Gasteiger partial charge >= 0.3 is 0 Å². The molecule has 0 saturated heterocycles. The first-order chi connectivity index (χ1) is 12.3. The van der Waals surface area contributed by atoms with Crippen LogP contribution in [0.3, 0.4) is 0 Å². The summed E-state index contributed by atoms with van der Waals surface area (Å²) in [6.45, 7) is 3.72. The van der Waals surface area contributed by atoms with Crippen molar-refractivity contribution in [2.24, 2.45) is 0 Å². The van der Waals surface area contributed by atoms with Crippen molar-refractivity contribution < 1.29 is 8.42 Å². The Kier molecular flexibility index (Phi) is 5.37. The highest BCUT2D eigenvalue weighted by atomic mass is 35.5. The van der Waals surface area contributed by atoms with E-state index in [0.29, 0.717) is 12.0 Å². The van der Waals surface area contributed by atoms with E-state index in [1.54, 1.807) is 12.4 Å². The summed E-state index contributed by atoms with van der Waals surface area (Å²) in [5.41, 5.74) is 1.40. The van der Waals surface area contributed by atoms with Gasteiger partial charge < -0.3 is 0 Å². The molecule has 0 aliphatic rings. The molecular formula is C18H16Cl2N3O2S. The highest BCUT2D eigenvalue weighted by Gasteiger charge is 2.29. The number of aromatic nitrogens is 3. The number of sulfone groups is 1. The number of nitrogens with zero attached hydrogens (tertiary/aromatic N) is 3. The van der Waals surface area contributed by atoms with Gasteiger partial charge in [0.2, 0.25) is 9.84 Å². The molecule has 0 aliphatic heterocycles. The molecule has 0 aliphatic carbocycles. The van der Waals surface area contributed by atoms with Crippen molar-refractivity contribution in [2.75, 3.05) is 0 Å². The van der Waals surface area contributed by atoms with Crippen molar-refractivity contribution in [1.29, 1.82) is 0 Å². The molecule has 0 amide bonds. The summed E-state index contributed by atoms with van der Waals surface area (Å²) >= 11 is 12.0. The molecule has 0 atom stereocenters. The van der Waals surface area contributed by atoms with Crippen LogP contribution in [0.2, 0.25) is 10.0 Å². The number of hydrogen-bond acceptors (Lipinski definition) is 4. The molecule has 0 unspecified atom stereocenters. The zero-order valence-corrected chi connectivity index (χ0v) is 16.5. The predicted molar refractivity (Wildman–Crippen MR) is 100 cm³/mol. The summed E-state index contributed by atoms with van der Waals surface area (Å²) in [6, 6.07) is 7.76. The Labute approximate surface area is 162 Å². The van der Waals surface area contributed by atoms with Gasteiger partial charge in [-0.3, -0.25) is 9.67 Å². The monoisotopic (exact) mass is 408 g/mol. The summed E-state index contributed by atoms with van der Waals surface area (Å²) in [6.07, 6.45) is 6.55. The van der Waals surface area contributed by atoms with Gasteiger partial charge in [0.15, 0.2) is 5.03 Å². The van der Waals surface area contributed by atoms with Gasteiger partial charge in [-0.2, -0.15) is 5.10 Å². The molecule has 26 heavy (non-hydrogen) atoms. The fourth-order valence-electron chi connectivity index (χ4n) is 2.60. The normalized spacial score (nSPS) is 11.9. The van der Waals surface area contributed by atoms with E-state index in [0.717, 1.165) is 5.56 Å². The zero-order valence-electron chi connectivity index (χ0n) is 14.1. The third kappa shape index (κ3) is 3.77. The summed E-state index contributed by atoms with van der Waals surface area (Å²) in [5.74, 6) is 0. The van der Waals surface area contributed by atoms with E-state index in [9.17, 15) is 8.42 Å². The number of halogens is 2. The Morgan fingerprint density at radius 2 is 1.73 bits per heavy atom. The number of pyridine rings is 1. The molecule has 2 heterocycles. The molecule has 1 aromatic carbocycles. The van der Waals surface area contributed by atoms with Gasteiger partial charge in [-0.1, -0.05) is 23.2 Å². The third-order valence-electron chi connectivity index (χ3n) is 3.78. The minimum Gasteiger partial charge on any atom is -0.265 e. The lowest BCUT2D eigenvalue weighted by Gasteiger charge is -2.14. The molecule has 3 rings (SSSR count). The van der Waals surface area contributed by atoms with Gasteiger partial charge in [-0.15, -0.1) is 0 Å². The Balaban J connectivity index is 2.17. The Hall–Kier alpha value is -1.89. The molecular weight excluding hydrogens is 393 g/mol. The molecule has 0 fully saturated rings. The van der Waals surface area contributed by atoms with Gasteiger partial charge in [0.05, 0.1) is 4.90 Å². The molecule has 0 saturated carbocycles. The minimum absolute atomic E-state index is 0.0294. The lowest BCUT2D eigenvalue weighted by atomic mass is 10.1. The molecule has 0 spiro atoms. The van der Waals surface area contributed by atoms with Gasteiger partial charge in [0.1, 0.15) is 6.20 Å². The average molecular weight is 409 g/mol. The van der Waals surface area contributed by atoms with Crippen LogP contribution in [0.5, 0.6) is 0 Å². The van der Waals surface area contributed by atoms with Crippen molar-refractivity contribution in [1.82, 2.24) is 14.8 Å². The van der Waals surface area contributed by atoms with Crippen LogP contribution in [0.25, 0.3) is 0 Å².